The van der Waals surface area contributed by atoms with E-state index in [2.05, 4.69) is 0 Å². The van der Waals surface area contributed by atoms with Crippen LogP contribution in [0.1, 0.15) is 27.0 Å². The molecule has 0 spiro atoms. The number of ether oxygens (including phenoxy) is 1. The molecule has 0 saturated heterocycles. The summed E-state index contributed by atoms with van der Waals surface area (Å²) in [6, 6.07) is 11.0. The number of aromatic carboxylic acids is 1. The van der Waals surface area contributed by atoms with Crippen LogP contribution in [-0.2, 0) is 0 Å². The second kappa shape index (κ2) is 5.14. The fourth-order valence-corrected chi connectivity index (χ4v) is 1.84. The first-order valence-electron chi connectivity index (χ1n) is 6.06. The monoisotopic (exact) mass is 256 g/mol. The van der Waals surface area contributed by atoms with Gasteiger partial charge in [0.25, 0.3) is 0 Å². The molecular weight excluding hydrogens is 240 g/mol. The van der Waals surface area contributed by atoms with E-state index in [0.717, 1.165) is 16.7 Å². The zero-order valence-electron chi connectivity index (χ0n) is 11.2. The SMILES string of the molecule is Cc1ccc(C)c(Oc2ccc(C)cc2C(=O)O)c1. The molecule has 2 rings (SSSR count). The molecule has 3 nitrogen and oxygen atoms in total. The lowest BCUT2D eigenvalue weighted by molar-refractivity contribution is 0.0694. The molecule has 19 heavy (non-hydrogen) atoms. The number of hydrogen-bond donors (Lipinski definition) is 1. The number of carboxylic acids is 1. The van der Waals surface area contributed by atoms with Crippen LogP contribution in [0.25, 0.3) is 0 Å². The Morgan fingerprint density at radius 1 is 0.947 bits per heavy atom. The van der Waals surface area contributed by atoms with Crippen LogP contribution in [0.4, 0.5) is 0 Å². The lowest BCUT2D eigenvalue weighted by Gasteiger charge is -2.12. The normalized spacial score (nSPS) is 10.3. The maximum absolute atomic E-state index is 11.2. The molecule has 0 heterocycles. The summed E-state index contributed by atoms with van der Waals surface area (Å²) in [5.41, 5.74) is 3.12. The molecule has 0 fully saturated rings. The zero-order valence-corrected chi connectivity index (χ0v) is 11.2. The molecule has 0 amide bonds. The minimum absolute atomic E-state index is 0.181. The topological polar surface area (TPSA) is 46.5 Å². The van der Waals surface area contributed by atoms with E-state index >= 15 is 0 Å². The van der Waals surface area contributed by atoms with Crippen LogP contribution in [0.15, 0.2) is 36.4 Å². The molecule has 0 aliphatic heterocycles. The fourth-order valence-electron chi connectivity index (χ4n) is 1.84. The Morgan fingerprint density at radius 2 is 1.58 bits per heavy atom. The van der Waals surface area contributed by atoms with Crippen molar-refractivity contribution in [1.82, 2.24) is 0 Å². The Bertz CT molecular complexity index is 630. The molecule has 0 atom stereocenters. The van der Waals surface area contributed by atoms with Crippen molar-refractivity contribution in [2.75, 3.05) is 0 Å². The van der Waals surface area contributed by atoms with Gasteiger partial charge in [-0.1, -0.05) is 23.8 Å². The third kappa shape index (κ3) is 2.94. The maximum Gasteiger partial charge on any atom is 0.339 e. The quantitative estimate of drug-likeness (QED) is 0.899. The number of rotatable bonds is 3. The Morgan fingerprint density at radius 3 is 2.26 bits per heavy atom. The van der Waals surface area contributed by atoms with Gasteiger partial charge in [0, 0.05) is 0 Å². The van der Waals surface area contributed by atoms with Crippen LogP contribution in [0.5, 0.6) is 11.5 Å². The Hall–Kier alpha value is -2.29. The third-order valence-electron chi connectivity index (χ3n) is 2.93. The van der Waals surface area contributed by atoms with Gasteiger partial charge in [0.15, 0.2) is 0 Å². The summed E-state index contributed by atoms with van der Waals surface area (Å²) >= 11 is 0. The molecule has 0 aromatic heterocycles. The van der Waals surface area contributed by atoms with Gasteiger partial charge in [-0.3, -0.25) is 0 Å². The van der Waals surface area contributed by atoms with Crippen LogP contribution < -0.4 is 4.74 Å². The highest BCUT2D eigenvalue weighted by Crippen LogP contribution is 2.29. The molecule has 2 aromatic carbocycles. The van der Waals surface area contributed by atoms with Gasteiger partial charge < -0.3 is 9.84 Å². The summed E-state index contributed by atoms with van der Waals surface area (Å²) in [4.78, 5) is 11.2. The number of hydrogen-bond acceptors (Lipinski definition) is 2. The maximum atomic E-state index is 11.2. The smallest absolute Gasteiger partial charge is 0.339 e. The summed E-state index contributed by atoms with van der Waals surface area (Å²) < 4.78 is 5.76. The molecule has 0 aliphatic rings. The predicted molar refractivity (Wildman–Crippen MR) is 74.1 cm³/mol. The second-order valence-corrected chi connectivity index (χ2v) is 4.68. The molecule has 0 saturated carbocycles. The van der Waals surface area contributed by atoms with Gasteiger partial charge in [-0.25, -0.2) is 4.79 Å². The van der Waals surface area contributed by atoms with Crippen LogP contribution >= 0.6 is 0 Å². The van der Waals surface area contributed by atoms with Crippen molar-refractivity contribution in [2.45, 2.75) is 20.8 Å². The van der Waals surface area contributed by atoms with Crippen molar-refractivity contribution in [1.29, 1.82) is 0 Å². The molecule has 0 radical (unpaired) electrons. The molecule has 1 N–H and O–H groups in total. The summed E-state index contributed by atoms with van der Waals surface area (Å²) in [5.74, 6) is 0.0714. The van der Waals surface area contributed by atoms with Crippen molar-refractivity contribution in [3.05, 3.63) is 58.7 Å². The minimum Gasteiger partial charge on any atom is -0.478 e. The number of carboxylic acid groups (broad SMARTS) is 1. The lowest BCUT2D eigenvalue weighted by Crippen LogP contribution is -2.01. The minimum atomic E-state index is -0.982. The summed E-state index contributed by atoms with van der Waals surface area (Å²) in [6.45, 7) is 5.76. The van der Waals surface area contributed by atoms with E-state index in [9.17, 15) is 9.90 Å². The first-order valence-corrected chi connectivity index (χ1v) is 6.06. The molecule has 0 bridgehead atoms. The number of carbonyl (C=O) groups is 1. The Balaban J connectivity index is 2.43. The van der Waals surface area contributed by atoms with Gasteiger partial charge in [0.2, 0.25) is 0 Å². The molecule has 0 unspecified atom stereocenters. The first kappa shape index (κ1) is 13.1. The van der Waals surface area contributed by atoms with Gasteiger partial charge in [-0.15, -0.1) is 0 Å². The van der Waals surface area contributed by atoms with Crippen molar-refractivity contribution in [2.24, 2.45) is 0 Å². The lowest BCUT2D eigenvalue weighted by atomic mass is 10.1. The highest BCUT2D eigenvalue weighted by molar-refractivity contribution is 5.91. The highest BCUT2D eigenvalue weighted by Gasteiger charge is 2.13. The molecule has 98 valence electrons. The van der Waals surface area contributed by atoms with Crippen LogP contribution in [-0.4, -0.2) is 11.1 Å². The Labute approximate surface area is 112 Å². The summed E-state index contributed by atoms with van der Waals surface area (Å²) in [5, 5.41) is 9.21. The predicted octanol–water partition coefficient (Wildman–Crippen LogP) is 4.10. The summed E-state index contributed by atoms with van der Waals surface area (Å²) in [7, 11) is 0. The van der Waals surface area contributed by atoms with Crippen molar-refractivity contribution >= 4 is 5.97 Å². The molecular formula is C16H16O3. The van der Waals surface area contributed by atoms with Crippen LogP contribution in [0.2, 0.25) is 0 Å². The number of aryl methyl sites for hydroxylation is 3. The molecule has 3 heteroatoms. The van der Waals surface area contributed by atoms with E-state index in [1.165, 1.54) is 0 Å². The Kier molecular flexibility index (Phi) is 3.56. The van der Waals surface area contributed by atoms with E-state index in [0.29, 0.717) is 11.5 Å². The van der Waals surface area contributed by atoms with E-state index in [4.69, 9.17) is 4.74 Å². The van der Waals surface area contributed by atoms with E-state index < -0.39 is 5.97 Å². The second-order valence-electron chi connectivity index (χ2n) is 4.68. The van der Waals surface area contributed by atoms with E-state index in [1.807, 2.05) is 45.0 Å². The largest absolute Gasteiger partial charge is 0.478 e. The van der Waals surface area contributed by atoms with Crippen LogP contribution in [0.3, 0.4) is 0 Å². The van der Waals surface area contributed by atoms with E-state index in [1.54, 1.807) is 12.1 Å². The summed E-state index contributed by atoms with van der Waals surface area (Å²) in [6.07, 6.45) is 0. The standard InChI is InChI=1S/C16H16O3/c1-10-5-7-14(13(8-10)16(17)18)19-15-9-11(2)4-6-12(15)3/h4-9H,1-3H3,(H,17,18). The van der Waals surface area contributed by atoms with Crippen molar-refractivity contribution in [3.63, 3.8) is 0 Å². The van der Waals surface area contributed by atoms with Crippen molar-refractivity contribution < 1.29 is 14.6 Å². The molecule has 0 aliphatic carbocycles. The number of benzene rings is 2. The van der Waals surface area contributed by atoms with Crippen molar-refractivity contribution in [3.8, 4) is 11.5 Å². The fraction of sp³-hybridized carbons (Fsp3) is 0.188. The van der Waals surface area contributed by atoms with Gasteiger partial charge in [0.05, 0.1) is 0 Å². The van der Waals surface area contributed by atoms with Gasteiger partial charge >= 0.3 is 5.97 Å². The average Bonchev–Trinajstić information content (AvgIpc) is 2.35. The first-order chi connectivity index (χ1) is 8.97. The van der Waals surface area contributed by atoms with Gasteiger partial charge in [-0.05, 0) is 50.1 Å². The third-order valence-corrected chi connectivity index (χ3v) is 2.93. The van der Waals surface area contributed by atoms with Crippen LogP contribution in [0, 0.1) is 20.8 Å². The highest BCUT2D eigenvalue weighted by atomic mass is 16.5. The average molecular weight is 256 g/mol. The van der Waals surface area contributed by atoms with Gasteiger partial charge in [0.1, 0.15) is 17.1 Å². The molecule has 2 aromatic rings. The van der Waals surface area contributed by atoms with Gasteiger partial charge in [-0.2, -0.15) is 0 Å². The van der Waals surface area contributed by atoms with E-state index in [-0.39, 0.29) is 5.56 Å². The zero-order chi connectivity index (χ0) is 14.0.